The van der Waals surface area contributed by atoms with E-state index >= 15 is 0 Å². The van der Waals surface area contributed by atoms with Crippen LogP contribution in [0.5, 0.6) is 5.88 Å². The van der Waals surface area contributed by atoms with E-state index in [-0.39, 0.29) is 23.8 Å². The van der Waals surface area contributed by atoms with Crippen molar-refractivity contribution in [1.82, 2.24) is 9.88 Å². The van der Waals surface area contributed by atoms with Gasteiger partial charge in [-0.05, 0) is 25.3 Å². The van der Waals surface area contributed by atoms with Crippen molar-refractivity contribution in [3.63, 3.8) is 0 Å². The lowest BCUT2D eigenvalue weighted by molar-refractivity contribution is -0.138. The molecular formula is C18H21F3N2O2. The molecule has 1 aliphatic carbocycles. The van der Waals surface area contributed by atoms with Crippen molar-refractivity contribution in [3.8, 4) is 5.88 Å². The number of halogens is 3. The molecule has 7 heteroatoms. The number of nitrogens with zero attached hydrogens (tertiary/aromatic N) is 2. The van der Waals surface area contributed by atoms with E-state index < -0.39 is 11.7 Å². The largest absolute Gasteiger partial charge is 0.474 e. The van der Waals surface area contributed by atoms with E-state index in [1.165, 1.54) is 6.07 Å². The molecule has 1 aliphatic heterocycles. The summed E-state index contributed by atoms with van der Waals surface area (Å²) in [5.41, 5.74) is -0.790. The number of ether oxygens (including phenoxy) is 1. The summed E-state index contributed by atoms with van der Waals surface area (Å²) in [6, 6.07) is 2.21. The van der Waals surface area contributed by atoms with E-state index in [1.807, 2.05) is 4.90 Å². The summed E-state index contributed by atoms with van der Waals surface area (Å²) in [5, 5.41) is 0. The molecule has 1 atom stereocenters. The van der Waals surface area contributed by atoms with Gasteiger partial charge in [0.15, 0.2) is 0 Å². The number of hydrogen-bond donors (Lipinski definition) is 0. The van der Waals surface area contributed by atoms with Crippen LogP contribution in [0.2, 0.25) is 0 Å². The normalized spacial score (nSPS) is 22.0. The van der Waals surface area contributed by atoms with E-state index in [2.05, 4.69) is 17.1 Å². The standard InChI is InChI=1S/C18H21F3N2O2/c19-18(20,21)14-6-7-16(22-12-14)25-15-8-10-23(11-9-15)17(24)13-4-2-1-3-5-13/h1-2,6-7,12-13,15H,3-5,8-11H2. The Labute approximate surface area is 144 Å². The molecule has 3 rings (SSSR count). The number of hydrogen-bond acceptors (Lipinski definition) is 3. The molecule has 0 bridgehead atoms. The predicted octanol–water partition coefficient (Wildman–Crippen LogP) is 3.83. The van der Waals surface area contributed by atoms with Gasteiger partial charge in [0.1, 0.15) is 6.10 Å². The summed E-state index contributed by atoms with van der Waals surface area (Å²) < 4.78 is 43.3. The fourth-order valence-corrected chi connectivity index (χ4v) is 3.26. The number of rotatable bonds is 3. The molecule has 25 heavy (non-hydrogen) atoms. The van der Waals surface area contributed by atoms with Crippen molar-refractivity contribution in [3.05, 3.63) is 36.0 Å². The van der Waals surface area contributed by atoms with Gasteiger partial charge in [-0.3, -0.25) is 4.79 Å². The van der Waals surface area contributed by atoms with Crippen molar-refractivity contribution >= 4 is 5.91 Å². The highest BCUT2D eigenvalue weighted by Gasteiger charge is 2.31. The highest BCUT2D eigenvalue weighted by Crippen LogP contribution is 2.30. The molecule has 1 unspecified atom stereocenters. The first kappa shape index (κ1) is 17.8. The Kier molecular flexibility index (Phi) is 5.30. The summed E-state index contributed by atoms with van der Waals surface area (Å²) in [4.78, 5) is 18.1. The summed E-state index contributed by atoms with van der Waals surface area (Å²) >= 11 is 0. The van der Waals surface area contributed by atoms with Gasteiger partial charge in [-0.2, -0.15) is 13.2 Å². The summed E-state index contributed by atoms with van der Waals surface area (Å²) in [6.07, 6.45) is 4.43. The van der Waals surface area contributed by atoms with E-state index in [0.29, 0.717) is 25.9 Å². The quantitative estimate of drug-likeness (QED) is 0.775. The number of piperidine rings is 1. The number of likely N-dealkylation sites (tertiary alicyclic amines) is 1. The maximum absolute atomic E-state index is 12.5. The van der Waals surface area contributed by atoms with Gasteiger partial charge in [-0.25, -0.2) is 4.98 Å². The first-order valence-corrected chi connectivity index (χ1v) is 8.57. The highest BCUT2D eigenvalue weighted by molar-refractivity contribution is 5.79. The summed E-state index contributed by atoms with van der Waals surface area (Å²) in [6.45, 7) is 1.23. The molecule has 1 fully saturated rings. The second-order valence-corrected chi connectivity index (χ2v) is 6.51. The molecule has 1 aromatic heterocycles. The molecule has 1 aromatic rings. The lowest BCUT2D eigenvalue weighted by Gasteiger charge is -2.34. The highest BCUT2D eigenvalue weighted by atomic mass is 19.4. The average Bonchev–Trinajstić information content (AvgIpc) is 2.62. The smallest absolute Gasteiger partial charge is 0.417 e. The molecule has 0 N–H and O–H groups in total. The lowest BCUT2D eigenvalue weighted by Crippen LogP contribution is -2.44. The number of allylic oxidation sites excluding steroid dienone is 2. The van der Waals surface area contributed by atoms with Crippen LogP contribution in [-0.2, 0) is 11.0 Å². The Hall–Kier alpha value is -2.05. The Bertz CT molecular complexity index is 620. The van der Waals surface area contributed by atoms with Crippen LogP contribution in [-0.4, -0.2) is 35.0 Å². The fourth-order valence-electron chi connectivity index (χ4n) is 3.26. The molecule has 2 aliphatic rings. The van der Waals surface area contributed by atoms with E-state index in [1.54, 1.807) is 0 Å². The van der Waals surface area contributed by atoms with Crippen LogP contribution in [0.25, 0.3) is 0 Å². The number of pyridine rings is 1. The topological polar surface area (TPSA) is 42.4 Å². The molecule has 136 valence electrons. The number of aromatic nitrogens is 1. The number of amides is 1. The Balaban J connectivity index is 1.49. The van der Waals surface area contributed by atoms with Gasteiger partial charge in [0, 0.05) is 44.1 Å². The molecule has 0 radical (unpaired) electrons. The van der Waals surface area contributed by atoms with Crippen molar-refractivity contribution in [2.75, 3.05) is 13.1 Å². The van der Waals surface area contributed by atoms with Crippen molar-refractivity contribution in [2.24, 2.45) is 5.92 Å². The van der Waals surface area contributed by atoms with Crippen molar-refractivity contribution in [2.45, 2.75) is 44.4 Å². The molecular weight excluding hydrogens is 333 g/mol. The van der Waals surface area contributed by atoms with Crippen molar-refractivity contribution < 1.29 is 22.7 Å². The van der Waals surface area contributed by atoms with Gasteiger partial charge in [-0.15, -0.1) is 0 Å². The SMILES string of the molecule is O=C(C1CC=CCC1)N1CCC(Oc2ccc(C(F)(F)F)cn2)CC1. The fraction of sp³-hybridized carbons (Fsp3) is 0.556. The van der Waals surface area contributed by atoms with E-state index in [4.69, 9.17) is 4.74 Å². The van der Waals surface area contributed by atoms with Gasteiger partial charge in [-0.1, -0.05) is 12.2 Å². The molecule has 0 saturated carbocycles. The molecule has 0 aromatic carbocycles. The Morgan fingerprint density at radius 1 is 1.16 bits per heavy atom. The monoisotopic (exact) mass is 354 g/mol. The van der Waals surface area contributed by atoms with Crippen LogP contribution in [0.4, 0.5) is 13.2 Å². The molecule has 4 nitrogen and oxygen atoms in total. The number of carbonyl (C=O) groups is 1. The van der Waals surface area contributed by atoms with E-state index in [9.17, 15) is 18.0 Å². The first-order valence-electron chi connectivity index (χ1n) is 8.57. The van der Waals surface area contributed by atoms with Gasteiger partial charge in [0.2, 0.25) is 11.8 Å². The molecule has 2 heterocycles. The maximum atomic E-state index is 12.5. The zero-order valence-electron chi connectivity index (χ0n) is 13.8. The van der Waals surface area contributed by atoms with Gasteiger partial charge >= 0.3 is 6.18 Å². The average molecular weight is 354 g/mol. The maximum Gasteiger partial charge on any atom is 0.417 e. The van der Waals surface area contributed by atoms with Crippen molar-refractivity contribution in [1.29, 1.82) is 0 Å². The minimum Gasteiger partial charge on any atom is -0.474 e. The van der Waals surface area contributed by atoms with E-state index in [0.717, 1.165) is 31.5 Å². The third kappa shape index (κ3) is 4.52. The zero-order chi connectivity index (χ0) is 17.9. The minimum atomic E-state index is -4.40. The van der Waals surface area contributed by atoms with Crippen LogP contribution in [0.15, 0.2) is 30.5 Å². The van der Waals surface area contributed by atoms with Crippen LogP contribution in [0, 0.1) is 5.92 Å². The van der Waals surface area contributed by atoms with Crippen LogP contribution >= 0.6 is 0 Å². The number of alkyl halides is 3. The number of carbonyl (C=O) groups excluding carboxylic acids is 1. The van der Waals surface area contributed by atoms with Crippen LogP contribution in [0.3, 0.4) is 0 Å². The van der Waals surface area contributed by atoms with Crippen LogP contribution in [0.1, 0.15) is 37.7 Å². The van der Waals surface area contributed by atoms with Crippen LogP contribution < -0.4 is 4.74 Å². The second-order valence-electron chi connectivity index (χ2n) is 6.51. The van der Waals surface area contributed by atoms with Gasteiger partial charge in [0.05, 0.1) is 5.56 Å². The minimum absolute atomic E-state index is 0.0825. The Morgan fingerprint density at radius 2 is 1.92 bits per heavy atom. The molecule has 0 spiro atoms. The van der Waals surface area contributed by atoms with Gasteiger partial charge < -0.3 is 9.64 Å². The predicted molar refractivity (Wildman–Crippen MR) is 86.0 cm³/mol. The van der Waals surface area contributed by atoms with Gasteiger partial charge in [0.25, 0.3) is 0 Å². The third-order valence-electron chi connectivity index (χ3n) is 4.72. The molecule has 1 saturated heterocycles. The summed E-state index contributed by atoms with van der Waals surface area (Å²) in [7, 11) is 0. The third-order valence-corrected chi connectivity index (χ3v) is 4.72. The zero-order valence-corrected chi connectivity index (χ0v) is 13.8. The lowest BCUT2D eigenvalue weighted by atomic mass is 9.92. The second kappa shape index (κ2) is 7.45. The first-order chi connectivity index (χ1) is 11.9. The Morgan fingerprint density at radius 3 is 2.48 bits per heavy atom. The molecule has 1 amide bonds. The summed E-state index contributed by atoms with van der Waals surface area (Å²) in [5.74, 6) is 0.477.